The lowest BCUT2D eigenvalue weighted by molar-refractivity contribution is -0.144. The standard InChI is InChI=1S/C28H34N2O5/c1-5-28(6-2,25(33)30-15-23(24(31)32)27(3,4)17-30)29-26(34)35-16-22-20-13-9-7-11-18(20)19-12-8-10-14-21(19)22/h7-14,22-23H,5-6,15-17H2,1-4H3,(H,29,34)(H,31,32). The molecule has 0 spiro atoms. The third-order valence-electron chi connectivity index (χ3n) is 7.83. The molecule has 4 rings (SSSR count). The first-order valence-electron chi connectivity index (χ1n) is 12.3. The maximum Gasteiger partial charge on any atom is 0.408 e. The van der Waals surface area contributed by atoms with Crippen molar-refractivity contribution in [2.24, 2.45) is 11.3 Å². The van der Waals surface area contributed by atoms with Crippen molar-refractivity contribution in [3.8, 4) is 11.1 Å². The summed E-state index contributed by atoms with van der Waals surface area (Å²) in [5.41, 5.74) is 2.84. The molecule has 0 aromatic heterocycles. The van der Waals surface area contributed by atoms with Gasteiger partial charge < -0.3 is 20.1 Å². The predicted molar refractivity (Wildman–Crippen MR) is 133 cm³/mol. The number of ether oxygens (including phenoxy) is 1. The minimum absolute atomic E-state index is 0.0720. The summed E-state index contributed by atoms with van der Waals surface area (Å²) in [5.74, 6) is -1.88. The van der Waals surface area contributed by atoms with Crippen LogP contribution in [0.1, 0.15) is 57.6 Å². The van der Waals surface area contributed by atoms with Gasteiger partial charge in [0.1, 0.15) is 12.1 Å². The number of aliphatic carboxylic acids is 1. The first-order chi connectivity index (χ1) is 16.6. The van der Waals surface area contributed by atoms with E-state index in [0.717, 1.165) is 22.3 Å². The van der Waals surface area contributed by atoms with Gasteiger partial charge in [-0.2, -0.15) is 0 Å². The second-order valence-corrected chi connectivity index (χ2v) is 10.3. The summed E-state index contributed by atoms with van der Waals surface area (Å²) in [6.45, 7) is 8.04. The van der Waals surface area contributed by atoms with Gasteiger partial charge in [0.2, 0.25) is 5.91 Å². The van der Waals surface area contributed by atoms with Gasteiger partial charge in [-0.3, -0.25) is 9.59 Å². The van der Waals surface area contributed by atoms with E-state index in [1.165, 1.54) is 0 Å². The molecule has 1 atom stereocenters. The minimum Gasteiger partial charge on any atom is -0.481 e. The zero-order valence-corrected chi connectivity index (χ0v) is 20.8. The number of hydrogen-bond donors (Lipinski definition) is 2. The number of fused-ring (bicyclic) bond motifs is 3. The molecule has 1 saturated heterocycles. The molecule has 7 heteroatoms. The zero-order chi connectivity index (χ0) is 25.4. The summed E-state index contributed by atoms with van der Waals surface area (Å²) >= 11 is 0. The summed E-state index contributed by atoms with van der Waals surface area (Å²) in [5, 5.41) is 12.4. The lowest BCUT2D eigenvalue weighted by Gasteiger charge is -2.35. The number of carboxylic acid groups (broad SMARTS) is 1. The second-order valence-electron chi connectivity index (χ2n) is 10.3. The van der Waals surface area contributed by atoms with Gasteiger partial charge in [-0.15, -0.1) is 0 Å². The monoisotopic (exact) mass is 478 g/mol. The van der Waals surface area contributed by atoms with E-state index >= 15 is 0 Å². The third-order valence-corrected chi connectivity index (χ3v) is 7.83. The normalized spacial score (nSPS) is 18.6. The Bertz CT molecular complexity index is 1090. The van der Waals surface area contributed by atoms with E-state index < -0.39 is 28.9 Å². The fourth-order valence-electron chi connectivity index (χ4n) is 5.62. The van der Waals surface area contributed by atoms with E-state index in [4.69, 9.17) is 4.74 Å². The van der Waals surface area contributed by atoms with Crippen LogP contribution in [-0.2, 0) is 14.3 Å². The number of benzene rings is 2. The van der Waals surface area contributed by atoms with E-state index in [9.17, 15) is 19.5 Å². The quantitative estimate of drug-likeness (QED) is 0.604. The Morgan fingerprint density at radius 2 is 1.57 bits per heavy atom. The average molecular weight is 479 g/mol. The van der Waals surface area contributed by atoms with Crippen molar-refractivity contribution in [2.45, 2.75) is 52.0 Å². The molecular weight excluding hydrogens is 444 g/mol. The van der Waals surface area contributed by atoms with Crippen LogP contribution in [0.3, 0.4) is 0 Å². The van der Waals surface area contributed by atoms with Gasteiger partial charge in [0.05, 0.1) is 5.92 Å². The molecule has 2 aromatic carbocycles. The van der Waals surface area contributed by atoms with Gasteiger partial charge in [0.15, 0.2) is 0 Å². The van der Waals surface area contributed by atoms with Crippen molar-refractivity contribution in [2.75, 3.05) is 19.7 Å². The minimum atomic E-state index is -1.15. The van der Waals surface area contributed by atoms with Gasteiger partial charge >= 0.3 is 12.1 Å². The number of carboxylic acids is 1. The fraction of sp³-hybridized carbons (Fsp3) is 0.464. The third kappa shape index (κ3) is 4.40. The molecule has 1 heterocycles. The number of carbonyl (C=O) groups is 3. The van der Waals surface area contributed by atoms with E-state index in [1.54, 1.807) is 4.90 Å². The highest BCUT2D eigenvalue weighted by molar-refractivity contribution is 5.91. The lowest BCUT2D eigenvalue weighted by atomic mass is 9.82. The smallest absolute Gasteiger partial charge is 0.408 e. The van der Waals surface area contributed by atoms with Gasteiger partial charge in [0, 0.05) is 19.0 Å². The second kappa shape index (κ2) is 9.36. The first-order valence-corrected chi connectivity index (χ1v) is 12.3. The molecule has 1 unspecified atom stereocenters. The van der Waals surface area contributed by atoms with Crippen molar-refractivity contribution < 1.29 is 24.2 Å². The first kappa shape index (κ1) is 24.8. The molecule has 0 saturated carbocycles. The maximum absolute atomic E-state index is 13.6. The number of hydrogen-bond acceptors (Lipinski definition) is 4. The molecule has 1 fully saturated rings. The zero-order valence-electron chi connectivity index (χ0n) is 20.8. The molecule has 0 bridgehead atoms. The van der Waals surface area contributed by atoms with Crippen LogP contribution in [0.2, 0.25) is 0 Å². The van der Waals surface area contributed by atoms with Crippen LogP contribution in [0.5, 0.6) is 0 Å². The van der Waals surface area contributed by atoms with Gasteiger partial charge in [-0.1, -0.05) is 76.2 Å². The number of amides is 2. The van der Waals surface area contributed by atoms with E-state index in [-0.39, 0.29) is 25.0 Å². The molecule has 2 aliphatic rings. The highest BCUT2D eigenvalue weighted by Crippen LogP contribution is 2.44. The number of nitrogens with one attached hydrogen (secondary N) is 1. The molecular formula is C28H34N2O5. The highest BCUT2D eigenvalue weighted by Gasteiger charge is 2.50. The molecule has 2 aromatic rings. The summed E-state index contributed by atoms with van der Waals surface area (Å²) in [4.78, 5) is 39.8. The van der Waals surface area contributed by atoms with Crippen molar-refractivity contribution in [3.05, 3.63) is 59.7 Å². The van der Waals surface area contributed by atoms with Crippen molar-refractivity contribution >= 4 is 18.0 Å². The van der Waals surface area contributed by atoms with Crippen molar-refractivity contribution in [3.63, 3.8) is 0 Å². The van der Waals surface area contributed by atoms with Crippen LogP contribution in [0, 0.1) is 11.3 Å². The molecule has 1 aliphatic heterocycles. The molecule has 7 nitrogen and oxygen atoms in total. The number of nitrogens with zero attached hydrogens (tertiary/aromatic N) is 1. The Labute approximate surface area is 206 Å². The largest absolute Gasteiger partial charge is 0.481 e. The molecule has 2 N–H and O–H groups in total. The predicted octanol–water partition coefficient (Wildman–Crippen LogP) is 4.65. The SMILES string of the molecule is CCC(CC)(NC(=O)OCC1c2ccccc2-c2ccccc21)C(=O)N1CC(C(=O)O)C(C)(C)C1. The number of carbonyl (C=O) groups excluding carboxylic acids is 2. The molecule has 35 heavy (non-hydrogen) atoms. The van der Waals surface area contributed by atoms with E-state index in [2.05, 4.69) is 29.6 Å². The van der Waals surface area contributed by atoms with Crippen LogP contribution in [0.25, 0.3) is 11.1 Å². The van der Waals surface area contributed by atoms with Crippen LogP contribution >= 0.6 is 0 Å². The molecule has 2 amide bonds. The Morgan fingerprint density at radius 3 is 2.06 bits per heavy atom. The Hall–Kier alpha value is -3.35. The fourth-order valence-corrected chi connectivity index (χ4v) is 5.62. The number of alkyl carbamates (subject to hydrolysis) is 1. The maximum atomic E-state index is 13.6. The number of likely N-dealkylation sites (tertiary alicyclic amines) is 1. The highest BCUT2D eigenvalue weighted by atomic mass is 16.5. The Morgan fingerprint density at radius 1 is 1.03 bits per heavy atom. The van der Waals surface area contributed by atoms with Gasteiger partial charge in [-0.25, -0.2) is 4.79 Å². The number of rotatable bonds is 7. The molecule has 0 radical (unpaired) electrons. The van der Waals surface area contributed by atoms with Gasteiger partial charge in [-0.05, 0) is 40.5 Å². The average Bonchev–Trinajstić information content (AvgIpc) is 3.35. The Balaban J connectivity index is 1.47. The van der Waals surface area contributed by atoms with Crippen LogP contribution in [0.15, 0.2) is 48.5 Å². The summed E-state index contributed by atoms with van der Waals surface area (Å²) in [6.07, 6.45) is 0.111. The Kier molecular flexibility index (Phi) is 6.62. The molecule has 186 valence electrons. The van der Waals surface area contributed by atoms with Crippen molar-refractivity contribution in [1.29, 1.82) is 0 Å². The van der Waals surface area contributed by atoms with Crippen molar-refractivity contribution in [1.82, 2.24) is 10.2 Å². The van der Waals surface area contributed by atoms with E-state index in [0.29, 0.717) is 19.4 Å². The lowest BCUT2D eigenvalue weighted by Crippen LogP contribution is -2.59. The molecule has 1 aliphatic carbocycles. The van der Waals surface area contributed by atoms with Crippen LogP contribution in [-0.4, -0.2) is 53.2 Å². The summed E-state index contributed by atoms with van der Waals surface area (Å²) < 4.78 is 5.70. The summed E-state index contributed by atoms with van der Waals surface area (Å²) in [7, 11) is 0. The summed E-state index contributed by atoms with van der Waals surface area (Å²) in [6, 6.07) is 16.2. The topological polar surface area (TPSA) is 95.9 Å². The van der Waals surface area contributed by atoms with Gasteiger partial charge in [0.25, 0.3) is 0 Å². The van der Waals surface area contributed by atoms with Crippen LogP contribution < -0.4 is 5.32 Å². The van der Waals surface area contributed by atoms with E-state index in [1.807, 2.05) is 52.0 Å². The van der Waals surface area contributed by atoms with Crippen LogP contribution in [0.4, 0.5) is 4.79 Å².